The lowest BCUT2D eigenvalue weighted by atomic mass is 10.1. The van der Waals surface area contributed by atoms with Crippen molar-refractivity contribution < 1.29 is 24.1 Å². The average molecular weight is 214 g/mol. The predicted molar refractivity (Wildman–Crippen MR) is 49.9 cm³/mol. The predicted octanol–water partition coefficient (Wildman–Crippen LogP) is -0.0212. The number of carbonyl (C=O) groups excluding carboxylic acids is 1. The quantitative estimate of drug-likeness (QED) is 0.517. The van der Waals surface area contributed by atoms with Crippen LogP contribution >= 0.6 is 0 Å². The zero-order chi connectivity index (χ0) is 11.1. The van der Waals surface area contributed by atoms with Crippen molar-refractivity contribution in [2.75, 3.05) is 0 Å². The Labute approximate surface area is 87.6 Å². The van der Waals surface area contributed by atoms with E-state index in [-0.39, 0.29) is 0 Å². The maximum absolute atomic E-state index is 10.1. The first-order valence-corrected chi connectivity index (χ1v) is 4.84. The molecule has 0 bridgehead atoms. The summed E-state index contributed by atoms with van der Waals surface area (Å²) in [6.07, 6.45) is 1.04. The number of aliphatic hydroxyl groups excluding tert-OH is 1. The Morgan fingerprint density at radius 3 is 2.67 bits per heavy atom. The van der Waals surface area contributed by atoms with E-state index in [1.165, 1.54) is 12.2 Å². The van der Waals surface area contributed by atoms with E-state index in [0.717, 1.165) is 0 Å². The van der Waals surface area contributed by atoms with Crippen LogP contribution < -0.4 is 0 Å². The molecule has 0 saturated carbocycles. The Kier molecular flexibility index (Phi) is 2.64. The molecule has 4 atom stereocenters. The van der Waals surface area contributed by atoms with Crippen LogP contribution in [0.1, 0.15) is 13.8 Å². The summed E-state index contributed by atoms with van der Waals surface area (Å²) >= 11 is 0. The molecule has 0 amide bonds. The molecule has 2 saturated heterocycles. The molecule has 2 rings (SSSR count). The molecule has 0 radical (unpaired) electrons. The zero-order valence-corrected chi connectivity index (χ0v) is 8.62. The van der Waals surface area contributed by atoms with E-state index < -0.39 is 30.4 Å². The molecule has 2 aliphatic rings. The molecule has 2 heterocycles. The van der Waals surface area contributed by atoms with Gasteiger partial charge in [0.2, 0.25) is 0 Å². The van der Waals surface area contributed by atoms with Crippen LogP contribution in [0.3, 0.4) is 0 Å². The second kappa shape index (κ2) is 3.68. The molecule has 2 aliphatic heterocycles. The van der Waals surface area contributed by atoms with Gasteiger partial charge in [-0.1, -0.05) is 0 Å². The topological polar surface area (TPSA) is 65.0 Å². The molecule has 0 aromatic rings. The Bertz CT molecular complexity index is 286. The van der Waals surface area contributed by atoms with Crippen LogP contribution in [0.25, 0.3) is 0 Å². The summed E-state index contributed by atoms with van der Waals surface area (Å²) in [5.74, 6) is -0.727. The maximum Gasteiger partial charge on any atom is 0.190 e. The molecule has 0 aromatic carbocycles. The zero-order valence-electron chi connectivity index (χ0n) is 8.62. The number of aliphatic hydroxyl groups is 1. The van der Waals surface area contributed by atoms with Gasteiger partial charge in [-0.15, -0.1) is 0 Å². The van der Waals surface area contributed by atoms with Gasteiger partial charge in [-0.3, -0.25) is 4.79 Å². The molecular weight excluding hydrogens is 200 g/mol. The first kappa shape index (κ1) is 10.8. The Hall–Kier alpha value is -0.750. The highest BCUT2D eigenvalue weighted by molar-refractivity contribution is 5.64. The number of aldehydes is 1. The van der Waals surface area contributed by atoms with Gasteiger partial charge in [-0.25, -0.2) is 0 Å². The van der Waals surface area contributed by atoms with Gasteiger partial charge in [0.25, 0.3) is 0 Å². The van der Waals surface area contributed by atoms with Gasteiger partial charge < -0.3 is 19.3 Å². The molecule has 5 nitrogen and oxygen atoms in total. The summed E-state index contributed by atoms with van der Waals surface area (Å²) in [4.78, 5) is 10.1. The molecule has 0 aromatic heterocycles. The molecule has 0 unspecified atom stereocenters. The summed E-state index contributed by atoms with van der Waals surface area (Å²) in [5.41, 5.74) is 0. The number of fused-ring (bicyclic) bond motifs is 1. The summed E-state index contributed by atoms with van der Waals surface area (Å²) in [6.45, 7) is 3.52. The normalized spacial score (nSPS) is 43.4. The molecular formula is C10H14O5. The largest absolute Gasteiger partial charge is 0.387 e. The number of rotatable bonds is 2. The van der Waals surface area contributed by atoms with E-state index in [9.17, 15) is 9.90 Å². The Balaban J connectivity index is 2.04. The van der Waals surface area contributed by atoms with Gasteiger partial charge >= 0.3 is 0 Å². The van der Waals surface area contributed by atoms with Gasteiger partial charge in [0.1, 0.15) is 24.6 Å². The number of hydrogen-bond acceptors (Lipinski definition) is 5. The lowest BCUT2D eigenvalue weighted by Gasteiger charge is -2.21. The minimum atomic E-state index is -0.798. The van der Waals surface area contributed by atoms with Crippen molar-refractivity contribution in [2.24, 2.45) is 0 Å². The van der Waals surface area contributed by atoms with E-state index in [4.69, 9.17) is 14.2 Å². The average Bonchev–Trinajstić information content (AvgIpc) is 2.58. The first-order chi connectivity index (χ1) is 7.03. The van der Waals surface area contributed by atoms with E-state index >= 15 is 0 Å². The fourth-order valence-corrected chi connectivity index (χ4v) is 1.83. The third-order valence-corrected chi connectivity index (χ3v) is 2.43. The molecule has 1 N–H and O–H groups in total. The second-order valence-corrected chi connectivity index (χ2v) is 4.08. The molecule has 2 fully saturated rings. The van der Waals surface area contributed by atoms with Gasteiger partial charge in [0.15, 0.2) is 12.1 Å². The van der Waals surface area contributed by atoms with E-state index in [1.54, 1.807) is 13.8 Å². The van der Waals surface area contributed by atoms with Crippen LogP contribution in [-0.2, 0) is 19.0 Å². The number of carbonyl (C=O) groups is 1. The maximum atomic E-state index is 10.1. The molecule has 5 heteroatoms. The fourth-order valence-electron chi connectivity index (χ4n) is 1.83. The third kappa shape index (κ3) is 1.96. The molecule has 0 aliphatic carbocycles. The summed E-state index contributed by atoms with van der Waals surface area (Å²) in [7, 11) is 0. The van der Waals surface area contributed by atoms with Crippen molar-refractivity contribution in [3.05, 3.63) is 12.2 Å². The highest BCUT2D eigenvalue weighted by atomic mass is 16.8. The highest BCUT2D eigenvalue weighted by Crippen LogP contribution is 2.37. The molecule has 84 valence electrons. The SMILES string of the molecule is CC1(C)O[C@H]2O[C@H](/C=C/C=O)[C@H](O)[C@H]2O1. The smallest absolute Gasteiger partial charge is 0.190 e. The third-order valence-electron chi connectivity index (χ3n) is 2.43. The highest BCUT2D eigenvalue weighted by Gasteiger charge is 2.53. The van der Waals surface area contributed by atoms with Gasteiger partial charge in [0, 0.05) is 0 Å². The minimum absolute atomic E-state index is 0.485. The number of allylic oxidation sites excluding steroid dienone is 1. The lowest BCUT2D eigenvalue weighted by molar-refractivity contribution is -0.209. The van der Waals surface area contributed by atoms with Crippen molar-refractivity contribution in [3.63, 3.8) is 0 Å². The molecule has 0 spiro atoms. The Morgan fingerprint density at radius 1 is 1.33 bits per heavy atom. The van der Waals surface area contributed by atoms with Crippen molar-refractivity contribution >= 4 is 6.29 Å². The summed E-state index contributed by atoms with van der Waals surface area (Å²) < 4.78 is 16.3. The number of ether oxygens (including phenoxy) is 3. The van der Waals surface area contributed by atoms with Crippen molar-refractivity contribution in [2.45, 2.75) is 44.2 Å². The van der Waals surface area contributed by atoms with Gasteiger partial charge in [-0.2, -0.15) is 0 Å². The van der Waals surface area contributed by atoms with Crippen molar-refractivity contribution in [1.82, 2.24) is 0 Å². The van der Waals surface area contributed by atoms with E-state index in [2.05, 4.69) is 0 Å². The first-order valence-electron chi connectivity index (χ1n) is 4.84. The van der Waals surface area contributed by atoms with Gasteiger partial charge in [-0.05, 0) is 26.0 Å². The lowest BCUT2D eigenvalue weighted by Crippen LogP contribution is -2.33. The van der Waals surface area contributed by atoms with Crippen LogP contribution in [0.15, 0.2) is 12.2 Å². The van der Waals surface area contributed by atoms with Crippen LogP contribution in [0.4, 0.5) is 0 Å². The fraction of sp³-hybridized carbons (Fsp3) is 0.700. The van der Waals surface area contributed by atoms with E-state index in [1.807, 2.05) is 0 Å². The van der Waals surface area contributed by atoms with Crippen LogP contribution in [0, 0.1) is 0 Å². The Morgan fingerprint density at radius 2 is 2.07 bits per heavy atom. The summed E-state index contributed by atoms with van der Waals surface area (Å²) in [6, 6.07) is 0. The van der Waals surface area contributed by atoms with Crippen LogP contribution in [0.2, 0.25) is 0 Å². The monoisotopic (exact) mass is 214 g/mol. The van der Waals surface area contributed by atoms with Crippen molar-refractivity contribution in [1.29, 1.82) is 0 Å². The second-order valence-electron chi connectivity index (χ2n) is 4.08. The van der Waals surface area contributed by atoms with Gasteiger partial charge in [0.05, 0.1) is 0 Å². The standard InChI is InChI=1S/C10H14O5/c1-10(2)14-8-7(12)6(4-3-5-11)13-9(8)15-10/h3-9,12H,1-2H3/b4-3+/t6-,7+,8-,9-/m1/s1. The summed E-state index contributed by atoms with van der Waals surface area (Å²) in [5, 5.41) is 9.82. The minimum Gasteiger partial charge on any atom is -0.387 e. The van der Waals surface area contributed by atoms with Crippen molar-refractivity contribution in [3.8, 4) is 0 Å². The van der Waals surface area contributed by atoms with E-state index in [0.29, 0.717) is 6.29 Å². The molecule has 15 heavy (non-hydrogen) atoms. The van der Waals surface area contributed by atoms with Crippen LogP contribution in [0.5, 0.6) is 0 Å². The number of hydrogen-bond donors (Lipinski definition) is 1. The van der Waals surface area contributed by atoms with Crippen LogP contribution in [-0.4, -0.2) is 41.8 Å².